The molecule has 0 aliphatic carbocycles. The molecule has 6 nitrogen and oxygen atoms in total. The maximum atomic E-state index is 12.5. The van der Waals surface area contributed by atoms with E-state index in [1.165, 1.54) is 7.05 Å². The molecule has 0 spiro atoms. The fourth-order valence-electron chi connectivity index (χ4n) is 2.78. The van der Waals surface area contributed by atoms with Crippen molar-refractivity contribution < 1.29 is 4.79 Å². The van der Waals surface area contributed by atoms with Crippen molar-refractivity contribution in [3.8, 4) is 0 Å². The highest BCUT2D eigenvalue weighted by atomic mass is 35.5. The highest BCUT2D eigenvalue weighted by molar-refractivity contribution is 6.31. The number of aromatic nitrogens is 2. The fraction of sp³-hybridized carbons (Fsp3) is 0.190. The van der Waals surface area contributed by atoms with E-state index in [1.807, 2.05) is 54.0 Å². The van der Waals surface area contributed by atoms with Crippen LogP contribution in [0.3, 0.4) is 0 Å². The van der Waals surface area contributed by atoms with Gasteiger partial charge in [-0.15, -0.1) is 0 Å². The van der Waals surface area contributed by atoms with Crippen LogP contribution in [0, 0.1) is 6.92 Å². The molecule has 1 heterocycles. The summed E-state index contributed by atoms with van der Waals surface area (Å²) in [5.74, 6) is 0.149. The number of likely N-dealkylation sites (N-methyl/N-ethyl adjacent to an activating group) is 1. The third-order valence-corrected chi connectivity index (χ3v) is 4.82. The molecule has 0 radical (unpaired) electrons. The molecule has 28 heavy (non-hydrogen) atoms. The van der Waals surface area contributed by atoms with E-state index in [9.17, 15) is 9.59 Å². The van der Waals surface area contributed by atoms with E-state index < -0.39 is 5.56 Å². The van der Waals surface area contributed by atoms with Crippen molar-refractivity contribution in [2.45, 2.75) is 19.9 Å². The second-order valence-electron chi connectivity index (χ2n) is 6.40. The number of halogens is 1. The SMILES string of the molecule is CNC(=O)Cc1cn(Cc2ccccc2)c(Nc2cccc(Cl)c2C)nc1=O. The predicted octanol–water partition coefficient (Wildman–Crippen LogP) is 3.29. The monoisotopic (exact) mass is 396 g/mol. The molecule has 0 aliphatic heterocycles. The fourth-order valence-corrected chi connectivity index (χ4v) is 2.96. The number of nitrogens with one attached hydrogen (secondary N) is 2. The van der Waals surface area contributed by atoms with Gasteiger partial charge in [0.25, 0.3) is 5.56 Å². The Kier molecular flexibility index (Phi) is 6.11. The van der Waals surface area contributed by atoms with Crippen LogP contribution in [0.15, 0.2) is 59.5 Å². The van der Waals surface area contributed by atoms with E-state index in [0.717, 1.165) is 16.8 Å². The topological polar surface area (TPSA) is 76.0 Å². The van der Waals surface area contributed by atoms with Gasteiger partial charge in [0.05, 0.1) is 13.0 Å². The van der Waals surface area contributed by atoms with Gasteiger partial charge >= 0.3 is 0 Å². The summed E-state index contributed by atoms with van der Waals surface area (Å²) in [6.45, 7) is 2.39. The molecule has 144 valence electrons. The Morgan fingerprint density at radius 2 is 1.89 bits per heavy atom. The molecule has 2 N–H and O–H groups in total. The van der Waals surface area contributed by atoms with Crippen molar-refractivity contribution in [2.24, 2.45) is 0 Å². The molecule has 1 amide bonds. The van der Waals surface area contributed by atoms with Crippen LogP contribution >= 0.6 is 11.6 Å². The first-order chi connectivity index (χ1) is 13.5. The van der Waals surface area contributed by atoms with Crippen LogP contribution < -0.4 is 16.2 Å². The van der Waals surface area contributed by atoms with Crippen molar-refractivity contribution in [1.82, 2.24) is 14.9 Å². The third-order valence-electron chi connectivity index (χ3n) is 4.41. The quantitative estimate of drug-likeness (QED) is 0.670. The van der Waals surface area contributed by atoms with Gasteiger partial charge in [-0.3, -0.25) is 9.59 Å². The van der Waals surface area contributed by atoms with E-state index >= 15 is 0 Å². The second kappa shape index (κ2) is 8.71. The summed E-state index contributed by atoms with van der Waals surface area (Å²) in [6, 6.07) is 15.3. The van der Waals surface area contributed by atoms with Crippen LogP contribution in [0.25, 0.3) is 0 Å². The van der Waals surface area contributed by atoms with E-state index in [0.29, 0.717) is 23.1 Å². The van der Waals surface area contributed by atoms with Gasteiger partial charge in [-0.2, -0.15) is 4.98 Å². The van der Waals surface area contributed by atoms with Crippen molar-refractivity contribution >= 4 is 29.1 Å². The van der Waals surface area contributed by atoms with Gasteiger partial charge < -0.3 is 15.2 Å². The lowest BCUT2D eigenvalue weighted by atomic mass is 10.2. The summed E-state index contributed by atoms with van der Waals surface area (Å²) in [4.78, 5) is 28.4. The molecule has 0 saturated carbocycles. The van der Waals surface area contributed by atoms with Crippen molar-refractivity contribution in [1.29, 1.82) is 0 Å². The van der Waals surface area contributed by atoms with Crippen molar-refractivity contribution in [3.05, 3.63) is 86.8 Å². The minimum absolute atomic E-state index is 0.0202. The number of hydrogen-bond acceptors (Lipinski definition) is 4. The number of hydrogen-bond donors (Lipinski definition) is 2. The zero-order valence-corrected chi connectivity index (χ0v) is 16.5. The molecule has 0 fully saturated rings. The highest BCUT2D eigenvalue weighted by Crippen LogP contribution is 2.25. The Bertz CT molecular complexity index is 1050. The number of carbonyl (C=O) groups is 1. The molecule has 1 aromatic heterocycles. The molecule has 7 heteroatoms. The lowest BCUT2D eigenvalue weighted by molar-refractivity contribution is -0.119. The predicted molar refractivity (Wildman–Crippen MR) is 111 cm³/mol. The maximum absolute atomic E-state index is 12.5. The third kappa shape index (κ3) is 4.58. The first kappa shape index (κ1) is 19.6. The zero-order valence-electron chi connectivity index (χ0n) is 15.7. The Balaban J connectivity index is 2.03. The van der Waals surface area contributed by atoms with Gasteiger partial charge in [-0.25, -0.2) is 0 Å². The maximum Gasteiger partial charge on any atom is 0.278 e. The van der Waals surface area contributed by atoms with E-state index in [1.54, 1.807) is 12.3 Å². The number of amides is 1. The minimum Gasteiger partial charge on any atom is -0.359 e. The molecule has 0 saturated heterocycles. The molecular formula is C21H21ClN4O2. The number of anilines is 2. The first-order valence-corrected chi connectivity index (χ1v) is 9.22. The summed E-state index contributed by atoms with van der Waals surface area (Å²) in [5.41, 5.74) is 2.57. The first-order valence-electron chi connectivity index (χ1n) is 8.85. The Labute approximate surface area is 168 Å². The summed E-state index contributed by atoms with van der Waals surface area (Å²) in [5, 5.41) is 6.36. The normalized spacial score (nSPS) is 10.5. The molecule has 0 bridgehead atoms. The molecule has 3 aromatic rings. The van der Waals surface area contributed by atoms with Gasteiger partial charge in [0, 0.05) is 29.5 Å². The largest absolute Gasteiger partial charge is 0.359 e. The van der Waals surface area contributed by atoms with Crippen LogP contribution in [-0.2, 0) is 17.8 Å². The van der Waals surface area contributed by atoms with E-state index in [4.69, 9.17) is 11.6 Å². The van der Waals surface area contributed by atoms with Crippen LogP contribution in [0.2, 0.25) is 5.02 Å². The van der Waals surface area contributed by atoms with Crippen molar-refractivity contribution in [3.63, 3.8) is 0 Å². The van der Waals surface area contributed by atoms with E-state index in [2.05, 4.69) is 15.6 Å². The van der Waals surface area contributed by atoms with Crippen LogP contribution in [0.1, 0.15) is 16.7 Å². The number of nitrogens with zero attached hydrogens (tertiary/aromatic N) is 2. The molecule has 0 unspecified atom stereocenters. The Morgan fingerprint density at radius 1 is 1.14 bits per heavy atom. The van der Waals surface area contributed by atoms with Gasteiger partial charge in [-0.05, 0) is 30.2 Å². The minimum atomic E-state index is -0.435. The van der Waals surface area contributed by atoms with Crippen LogP contribution in [0.4, 0.5) is 11.6 Å². The summed E-state index contributed by atoms with van der Waals surface area (Å²) >= 11 is 6.21. The van der Waals surface area contributed by atoms with Gasteiger partial charge in [-0.1, -0.05) is 48.0 Å². The molecule has 2 aromatic carbocycles. The lowest BCUT2D eigenvalue weighted by Crippen LogP contribution is -2.27. The Hall–Kier alpha value is -3.12. The highest BCUT2D eigenvalue weighted by Gasteiger charge is 2.13. The number of rotatable bonds is 6. The van der Waals surface area contributed by atoms with E-state index in [-0.39, 0.29) is 12.3 Å². The molecular weight excluding hydrogens is 376 g/mol. The van der Waals surface area contributed by atoms with Gasteiger partial charge in [0.15, 0.2) is 0 Å². The second-order valence-corrected chi connectivity index (χ2v) is 6.80. The molecule has 0 aliphatic rings. The molecule has 0 atom stereocenters. The summed E-state index contributed by atoms with van der Waals surface area (Å²) in [7, 11) is 1.54. The molecule has 3 rings (SSSR count). The standard InChI is InChI=1S/C21H21ClN4O2/c1-14-17(22)9-6-10-18(14)24-21-25-20(28)16(11-19(27)23-2)13-26(21)12-15-7-4-3-5-8-15/h3-10,13H,11-12H2,1-2H3,(H,23,27)(H,24,25,28). The lowest BCUT2D eigenvalue weighted by Gasteiger charge is -2.17. The number of carbonyl (C=O) groups excluding carboxylic acids is 1. The zero-order chi connectivity index (χ0) is 20.1. The van der Waals surface area contributed by atoms with Crippen LogP contribution in [-0.4, -0.2) is 22.5 Å². The summed E-state index contributed by atoms with van der Waals surface area (Å²) < 4.78 is 1.83. The smallest absolute Gasteiger partial charge is 0.278 e. The number of benzene rings is 2. The van der Waals surface area contributed by atoms with Gasteiger partial charge in [0.2, 0.25) is 11.9 Å². The van der Waals surface area contributed by atoms with Gasteiger partial charge in [0.1, 0.15) is 0 Å². The van der Waals surface area contributed by atoms with Crippen LogP contribution in [0.5, 0.6) is 0 Å². The van der Waals surface area contributed by atoms with Crippen molar-refractivity contribution in [2.75, 3.05) is 12.4 Å². The average Bonchev–Trinajstić information content (AvgIpc) is 2.69. The Morgan fingerprint density at radius 3 is 2.61 bits per heavy atom. The average molecular weight is 397 g/mol. The summed E-state index contributed by atoms with van der Waals surface area (Å²) in [6.07, 6.45) is 1.66.